The molecule has 1 aromatic heterocycles. The number of rotatable bonds is 3. The lowest BCUT2D eigenvalue weighted by molar-refractivity contribution is -0.139. The minimum absolute atomic E-state index is 0.196. The van der Waals surface area contributed by atoms with E-state index in [1.54, 1.807) is 24.3 Å². The first-order valence-electron chi connectivity index (χ1n) is 6.06. The summed E-state index contributed by atoms with van der Waals surface area (Å²) in [6.45, 7) is -0.468. The molecule has 0 bridgehead atoms. The molecule has 2 aromatic carbocycles. The minimum Gasteiger partial charge on any atom is -0.482 e. The van der Waals surface area contributed by atoms with Crippen molar-refractivity contribution in [2.24, 2.45) is 0 Å². The summed E-state index contributed by atoms with van der Waals surface area (Å²) in [7, 11) is 0. The van der Waals surface area contributed by atoms with E-state index in [-0.39, 0.29) is 5.43 Å². The van der Waals surface area contributed by atoms with Crippen molar-refractivity contribution in [3.8, 4) is 5.75 Å². The molecule has 3 aromatic rings. The standard InChI is InChI=1S/C15H9ClO5/c16-11-3-1-2-10-14(19)9-5-4-8(20-7-13(17)18)6-12(9)21-15(10)11/h1-6H,7H2,(H,17,18). The average molecular weight is 305 g/mol. The fourth-order valence-electron chi connectivity index (χ4n) is 2.06. The summed E-state index contributed by atoms with van der Waals surface area (Å²) in [4.78, 5) is 22.9. The van der Waals surface area contributed by atoms with Crippen LogP contribution in [0.3, 0.4) is 0 Å². The Morgan fingerprint density at radius 2 is 2.05 bits per heavy atom. The van der Waals surface area contributed by atoms with Crippen LogP contribution in [-0.2, 0) is 4.79 Å². The van der Waals surface area contributed by atoms with Crippen LogP contribution in [-0.4, -0.2) is 17.7 Å². The number of carboxylic acid groups (broad SMARTS) is 1. The maximum absolute atomic E-state index is 12.4. The number of carbonyl (C=O) groups is 1. The van der Waals surface area contributed by atoms with Crippen LogP contribution < -0.4 is 10.2 Å². The molecule has 0 amide bonds. The van der Waals surface area contributed by atoms with Gasteiger partial charge in [0.25, 0.3) is 0 Å². The maximum Gasteiger partial charge on any atom is 0.341 e. The zero-order chi connectivity index (χ0) is 15.0. The predicted octanol–water partition coefficient (Wildman–Crippen LogP) is 3.06. The number of aliphatic carboxylic acids is 1. The minimum atomic E-state index is -1.09. The Hall–Kier alpha value is -2.53. The van der Waals surface area contributed by atoms with Crippen LogP contribution in [0.2, 0.25) is 5.02 Å². The van der Waals surface area contributed by atoms with Crippen molar-refractivity contribution in [1.29, 1.82) is 0 Å². The van der Waals surface area contributed by atoms with Gasteiger partial charge < -0.3 is 14.3 Å². The highest BCUT2D eigenvalue weighted by atomic mass is 35.5. The summed E-state index contributed by atoms with van der Waals surface area (Å²) >= 11 is 6.03. The van der Waals surface area contributed by atoms with E-state index in [0.29, 0.717) is 32.7 Å². The molecule has 5 nitrogen and oxygen atoms in total. The Morgan fingerprint density at radius 1 is 1.24 bits per heavy atom. The van der Waals surface area contributed by atoms with Crippen LogP contribution in [0.5, 0.6) is 5.75 Å². The fraction of sp³-hybridized carbons (Fsp3) is 0.0667. The SMILES string of the molecule is O=C(O)COc1ccc2c(=O)c3cccc(Cl)c3oc2c1. The van der Waals surface area contributed by atoms with Crippen molar-refractivity contribution >= 4 is 39.5 Å². The van der Waals surface area contributed by atoms with Gasteiger partial charge in [0.2, 0.25) is 5.43 Å². The number of para-hydroxylation sites is 1. The largest absolute Gasteiger partial charge is 0.482 e. The van der Waals surface area contributed by atoms with Crippen LogP contribution in [0, 0.1) is 0 Å². The van der Waals surface area contributed by atoms with E-state index in [2.05, 4.69) is 0 Å². The molecule has 0 atom stereocenters. The molecule has 0 aliphatic heterocycles. The van der Waals surface area contributed by atoms with Gasteiger partial charge >= 0.3 is 5.97 Å². The van der Waals surface area contributed by atoms with Crippen molar-refractivity contribution < 1.29 is 19.1 Å². The number of ether oxygens (including phenoxy) is 1. The summed E-state index contributed by atoms with van der Waals surface area (Å²) in [6.07, 6.45) is 0. The second kappa shape index (κ2) is 5.10. The topological polar surface area (TPSA) is 76.7 Å². The lowest BCUT2D eigenvalue weighted by Crippen LogP contribution is -2.09. The molecule has 6 heteroatoms. The number of fused-ring (bicyclic) bond motifs is 2. The monoisotopic (exact) mass is 304 g/mol. The Kier molecular flexibility index (Phi) is 3.27. The molecule has 0 saturated heterocycles. The summed E-state index contributed by atoms with van der Waals surface area (Å²) in [5.74, 6) is -0.780. The molecule has 0 fully saturated rings. The van der Waals surface area contributed by atoms with E-state index in [1.165, 1.54) is 12.1 Å². The molecule has 1 heterocycles. The first-order chi connectivity index (χ1) is 10.1. The number of halogens is 1. The lowest BCUT2D eigenvalue weighted by Gasteiger charge is -2.06. The predicted molar refractivity (Wildman–Crippen MR) is 78.1 cm³/mol. The van der Waals surface area contributed by atoms with Crippen molar-refractivity contribution in [3.63, 3.8) is 0 Å². The van der Waals surface area contributed by atoms with Crippen molar-refractivity contribution in [2.75, 3.05) is 6.61 Å². The second-order valence-corrected chi connectivity index (χ2v) is 4.80. The first-order valence-corrected chi connectivity index (χ1v) is 6.44. The highest BCUT2D eigenvalue weighted by molar-refractivity contribution is 6.34. The van der Waals surface area contributed by atoms with Gasteiger partial charge in [-0.05, 0) is 24.3 Å². The third-order valence-electron chi connectivity index (χ3n) is 2.98. The van der Waals surface area contributed by atoms with Crippen molar-refractivity contribution in [1.82, 2.24) is 0 Å². The van der Waals surface area contributed by atoms with E-state index in [4.69, 9.17) is 25.9 Å². The van der Waals surface area contributed by atoms with E-state index in [0.717, 1.165) is 0 Å². The van der Waals surface area contributed by atoms with E-state index in [9.17, 15) is 9.59 Å². The smallest absolute Gasteiger partial charge is 0.341 e. The molecule has 21 heavy (non-hydrogen) atoms. The van der Waals surface area contributed by atoms with Crippen LogP contribution in [0.1, 0.15) is 0 Å². The van der Waals surface area contributed by atoms with Gasteiger partial charge in [-0.25, -0.2) is 4.79 Å². The second-order valence-electron chi connectivity index (χ2n) is 4.39. The van der Waals surface area contributed by atoms with Crippen LogP contribution in [0.25, 0.3) is 21.9 Å². The van der Waals surface area contributed by atoms with E-state index >= 15 is 0 Å². The molecule has 106 valence electrons. The van der Waals surface area contributed by atoms with Gasteiger partial charge in [0.1, 0.15) is 11.3 Å². The summed E-state index contributed by atoms with van der Waals surface area (Å²) in [5, 5.41) is 9.71. The van der Waals surface area contributed by atoms with E-state index < -0.39 is 12.6 Å². The van der Waals surface area contributed by atoms with Crippen molar-refractivity contribution in [2.45, 2.75) is 0 Å². The average Bonchev–Trinajstić information content (AvgIpc) is 2.46. The van der Waals surface area contributed by atoms with Gasteiger partial charge in [-0.3, -0.25) is 4.79 Å². The van der Waals surface area contributed by atoms with Gasteiger partial charge in [0, 0.05) is 6.07 Å². The Labute approximate surface area is 123 Å². The Balaban J connectivity index is 2.21. The van der Waals surface area contributed by atoms with Gasteiger partial charge in [-0.1, -0.05) is 17.7 Å². The van der Waals surface area contributed by atoms with Crippen LogP contribution in [0.4, 0.5) is 0 Å². The quantitative estimate of drug-likeness (QED) is 0.752. The highest BCUT2D eigenvalue weighted by Crippen LogP contribution is 2.27. The number of hydrogen-bond donors (Lipinski definition) is 1. The third kappa shape index (κ3) is 2.43. The summed E-state index contributed by atoms with van der Waals surface area (Å²) in [5.41, 5.74) is 0.397. The number of carboxylic acids is 1. The Bertz CT molecular complexity index is 913. The zero-order valence-electron chi connectivity index (χ0n) is 10.6. The maximum atomic E-state index is 12.4. The molecule has 0 radical (unpaired) electrons. The van der Waals surface area contributed by atoms with Crippen LogP contribution >= 0.6 is 11.6 Å². The number of hydrogen-bond acceptors (Lipinski definition) is 4. The summed E-state index contributed by atoms with van der Waals surface area (Å²) in [6, 6.07) is 9.49. The van der Waals surface area contributed by atoms with Gasteiger partial charge in [-0.15, -0.1) is 0 Å². The van der Waals surface area contributed by atoms with E-state index in [1.807, 2.05) is 0 Å². The Morgan fingerprint density at radius 3 is 2.81 bits per heavy atom. The molecular weight excluding hydrogens is 296 g/mol. The van der Waals surface area contributed by atoms with Crippen molar-refractivity contribution in [3.05, 3.63) is 51.6 Å². The third-order valence-corrected chi connectivity index (χ3v) is 3.28. The molecule has 0 saturated carbocycles. The molecular formula is C15H9ClO5. The molecule has 0 aliphatic rings. The first kappa shape index (κ1) is 13.5. The molecule has 0 spiro atoms. The molecule has 0 unspecified atom stereocenters. The highest BCUT2D eigenvalue weighted by Gasteiger charge is 2.11. The fourth-order valence-corrected chi connectivity index (χ4v) is 2.27. The van der Waals surface area contributed by atoms with Gasteiger partial charge in [-0.2, -0.15) is 0 Å². The molecule has 1 N–H and O–H groups in total. The molecule has 3 rings (SSSR count). The van der Waals surface area contributed by atoms with Gasteiger partial charge in [0.05, 0.1) is 15.8 Å². The summed E-state index contributed by atoms with van der Waals surface area (Å²) < 4.78 is 10.7. The molecule has 0 aliphatic carbocycles. The van der Waals surface area contributed by atoms with Crippen LogP contribution in [0.15, 0.2) is 45.6 Å². The zero-order valence-corrected chi connectivity index (χ0v) is 11.4. The lowest BCUT2D eigenvalue weighted by atomic mass is 10.1. The normalized spacial score (nSPS) is 10.9. The van der Waals surface area contributed by atoms with Gasteiger partial charge in [0.15, 0.2) is 12.2 Å². The number of benzene rings is 2.